The minimum atomic E-state index is -0.333. The van der Waals surface area contributed by atoms with Gasteiger partial charge in [0.25, 0.3) is 0 Å². The van der Waals surface area contributed by atoms with Gasteiger partial charge in [-0.25, -0.2) is 0 Å². The van der Waals surface area contributed by atoms with Gasteiger partial charge in [-0.2, -0.15) is 0 Å². The summed E-state index contributed by atoms with van der Waals surface area (Å²) in [6.45, 7) is 10.8. The van der Waals surface area contributed by atoms with Crippen LogP contribution in [0.5, 0.6) is 0 Å². The molecule has 4 aliphatic rings. The fourth-order valence-corrected chi connectivity index (χ4v) is 8.88. The molecule has 0 aromatic heterocycles. The fourth-order valence-electron chi connectivity index (χ4n) is 8.88. The topological polar surface area (TPSA) is 67.8 Å². The second-order valence-electron chi connectivity index (χ2n) is 11.5. The molecule has 0 bridgehead atoms. The van der Waals surface area contributed by atoms with Crippen molar-refractivity contribution in [2.75, 3.05) is 20.3 Å². The van der Waals surface area contributed by atoms with Gasteiger partial charge in [0, 0.05) is 12.6 Å². The highest BCUT2D eigenvalue weighted by Gasteiger charge is 2.65. The molecule has 31 heavy (non-hydrogen) atoms. The first kappa shape index (κ1) is 23.5. The molecule has 4 saturated carbocycles. The molecule has 0 aliphatic heterocycles. The number of nitrogens with one attached hydrogen (secondary N) is 1. The molecule has 0 spiro atoms. The first-order valence-electron chi connectivity index (χ1n) is 12.9. The maximum atomic E-state index is 12.7. The van der Waals surface area contributed by atoms with Crippen molar-refractivity contribution in [3.05, 3.63) is 0 Å². The van der Waals surface area contributed by atoms with E-state index < -0.39 is 0 Å². The molecule has 0 unspecified atom stereocenters. The Morgan fingerprint density at radius 2 is 1.87 bits per heavy atom. The summed E-state index contributed by atoms with van der Waals surface area (Å²) in [5.41, 5.74) is 0.203. The molecule has 0 amide bonds. The Morgan fingerprint density at radius 1 is 1.10 bits per heavy atom. The fraction of sp³-hybridized carbons (Fsp3) is 0.962. The van der Waals surface area contributed by atoms with Crippen molar-refractivity contribution in [3.63, 3.8) is 0 Å². The molecule has 4 aliphatic carbocycles. The highest BCUT2D eigenvalue weighted by Crippen LogP contribution is 2.67. The van der Waals surface area contributed by atoms with Gasteiger partial charge in [-0.3, -0.25) is 4.79 Å². The summed E-state index contributed by atoms with van der Waals surface area (Å²) in [6.07, 6.45) is 8.18. The van der Waals surface area contributed by atoms with E-state index in [0.717, 1.165) is 45.1 Å². The summed E-state index contributed by atoms with van der Waals surface area (Å²) in [4.78, 5) is 12.7. The Kier molecular flexibility index (Phi) is 6.78. The van der Waals surface area contributed by atoms with Gasteiger partial charge in [-0.15, -0.1) is 0 Å². The van der Waals surface area contributed by atoms with Crippen LogP contribution in [0.3, 0.4) is 0 Å². The number of methoxy groups -OCH3 is 1. The molecule has 0 saturated heterocycles. The smallest absolute Gasteiger partial charge is 0.309 e. The highest BCUT2D eigenvalue weighted by molar-refractivity contribution is 5.74. The summed E-state index contributed by atoms with van der Waals surface area (Å²) < 4.78 is 11.3. The molecule has 0 radical (unpaired) electrons. The van der Waals surface area contributed by atoms with Crippen molar-refractivity contribution in [1.82, 2.24) is 5.32 Å². The number of carbonyl (C=O) groups excluding carboxylic acids is 1. The van der Waals surface area contributed by atoms with Crippen LogP contribution in [-0.4, -0.2) is 49.6 Å². The van der Waals surface area contributed by atoms with Gasteiger partial charge < -0.3 is 19.9 Å². The van der Waals surface area contributed by atoms with Gasteiger partial charge in [-0.05, 0) is 99.3 Å². The molecule has 4 rings (SSSR count). The number of esters is 1. The number of hydrogen-bond acceptors (Lipinski definition) is 5. The SMILES string of the molecule is CCCN[C@@H]1C[C@]2(C)[C@@H](C(=O)OC)CC[C@H]2[C@@H]2CC[C@H]3C[C@H](O)[C@@H](OCC)C[C@]3(C)[C@H]21. The lowest BCUT2D eigenvalue weighted by Crippen LogP contribution is -2.64. The third kappa shape index (κ3) is 3.77. The Labute approximate surface area is 189 Å². The Morgan fingerprint density at radius 3 is 2.55 bits per heavy atom. The predicted molar refractivity (Wildman–Crippen MR) is 122 cm³/mol. The number of hydrogen-bond donors (Lipinski definition) is 2. The molecule has 10 atom stereocenters. The molecule has 0 heterocycles. The van der Waals surface area contributed by atoms with Crippen molar-refractivity contribution in [2.45, 2.75) is 97.3 Å². The summed E-state index contributed by atoms with van der Waals surface area (Å²) in [5.74, 6) is 2.41. The van der Waals surface area contributed by atoms with E-state index in [2.05, 4.69) is 26.1 Å². The lowest BCUT2D eigenvalue weighted by Gasteiger charge is -2.64. The van der Waals surface area contributed by atoms with E-state index in [0.29, 0.717) is 36.3 Å². The van der Waals surface area contributed by atoms with Gasteiger partial charge in [0.2, 0.25) is 0 Å². The van der Waals surface area contributed by atoms with Crippen molar-refractivity contribution >= 4 is 5.97 Å². The van der Waals surface area contributed by atoms with Crippen LogP contribution in [0.4, 0.5) is 0 Å². The van der Waals surface area contributed by atoms with E-state index in [1.165, 1.54) is 12.8 Å². The van der Waals surface area contributed by atoms with Crippen molar-refractivity contribution in [1.29, 1.82) is 0 Å². The third-order valence-electron chi connectivity index (χ3n) is 10.1. The van der Waals surface area contributed by atoms with Gasteiger partial charge in [0.15, 0.2) is 0 Å². The lowest BCUT2D eigenvalue weighted by atomic mass is 9.43. The van der Waals surface area contributed by atoms with Crippen molar-refractivity contribution in [2.24, 2.45) is 40.4 Å². The predicted octanol–water partition coefficient (Wildman–Crippen LogP) is 4.17. The maximum Gasteiger partial charge on any atom is 0.309 e. The van der Waals surface area contributed by atoms with Crippen LogP contribution in [-0.2, 0) is 14.3 Å². The minimum absolute atomic E-state index is 0.00483. The summed E-state index contributed by atoms with van der Waals surface area (Å²) in [5, 5.41) is 14.7. The van der Waals surface area contributed by atoms with Crippen LogP contribution >= 0.6 is 0 Å². The number of ether oxygens (including phenoxy) is 2. The molecular formula is C26H45NO4. The molecule has 178 valence electrons. The maximum absolute atomic E-state index is 12.7. The number of aliphatic hydroxyl groups excluding tert-OH is 1. The highest BCUT2D eigenvalue weighted by atomic mass is 16.5. The third-order valence-corrected chi connectivity index (χ3v) is 10.1. The van der Waals surface area contributed by atoms with Crippen LogP contribution in [0.25, 0.3) is 0 Å². The average molecular weight is 436 g/mol. The summed E-state index contributed by atoms with van der Waals surface area (Å²) in [7, 11) is 1.55. The normalized spacial score (nSPS) is 49.1. The zero-order valence-corrected chi connectivity index (χ0v) is 20.4. The van der Waals surface area contributed by atoms with E-state index in [4.69, 9.17) is 9.47 Å². The Hall–Kier alpha value is -0.650. The minimum Gasteiger partial charge on any atom is -0.469 e. The molecule has 5 heteroatoms. The lowest BCUT2D eigenvalue weighted by molar-refractivity contribution is -0.182. The van der Waals surface area contributed by atoms with Crippen LogP contribution in [0.15, 0.2) is 0 Å². The molecule has 5 nitrogen and oxygen atoms in total. The molecule has 4 fully saturated rings. The standard InChI is InChI=1S/C26H45NO4/c1-6-12-27-20-14-26(4)18(10-11-19(26)24(29)30-5)17-9-8-16-13-21(28)22(31-7-2)15-25(16,3)23(17)20/h16-23,27-28H,6-15H2,1-5H3/t16-,17-,18-,19+,20+,21-,22-,23+,25-,26-/m0/s1. The van der Waals surface area contributed by atoms with Gasteiger partial charge in [0.05, 0.1) is 25.2 Å². The molecular weight excluding hydrogens is 390 g/mol. The number of fused-ring (bicyclic) bond motifs is 5. The first-order valence-corrected chi connectivity index (χ1v) is 12.9. The van der Waals surface area contributed by atoms with Crippen LogP contribution in [0.2, 0.25) is 0 Å². The molecule has 2 N–H and O–H groups in total. The van der Waals surface area contributed by atoms with E-state index in [1.807, 2.05) is 6.92 Å². The van der Waals surface area contributed by atoms with Gasteiger partial charge >= 0.3 is 5.97 Å². The second-order valence-corrected chi connectivity index (χ2v) is 11.5. The average Bonchev–Trinajstić information content (AvgIpc) is 3.09. The quantitative estimate of drug-likeness (QED) is 0.613. The van der Waals surface area contributed by atoms with Crippen LogP contribution in [0, 0.1) is 40.4 Å². The number of rotatable bonds is 6. The summed E-state index contributed by atoms with van der Waals surface area (Å²) >= 11 is 0. The largest absolute Gasteiger partial charge is 0.469 e. The van der Waals surface area contributed by atoms with E-state index >= 15 is 0 Å². The van der Waals surface area contributed by atoms with Crippen molar-refractivity contribution in [3.8, 4) is 0 Å². The van der Waals surface area contributed by atoms with E-state index in [-0.39, 0.29) is 34.9 Å². The zero-order chi connectivity index (χ0) is 22.4. The Balaban J connectivity index is 1.68. The van der Waals surface area contributed by atoms with E-state index in [1.54, 1.807) is 7.11 Å². The van der Waals surface area contributed by atoms with Crippen LogP contribution < -0.4 is 5.32 Å². The van der Waals surface area contributed by atoms with Gasteiger partial charge in [-0.1, -0.05) is 20.8 Å². The monoisotopic (exact) mass is 435 g/mol. The molecule has 0 aromatic rings. The van der Waals surface area contributed by atoms with Gasteiger partial charge in [0.1, 0.15) is 0 Å². The van der Waals surface area contributed by atoms with Crippen molar-refractivity contribution < 1.29 is 19.4 Å². The number of carbonyl (C=O) groups is 1. The number of aliphatic hydroxyl groups is 1. The van der Waals surface area contributed by atoms with E-state index in [9.17, 15) is 9.90 Å². The summed E-state index contributed by atoms with van der Waals surface area (Å²) in [6, 6.07) is 0.418. The zero-order valence-electron chi connectivity index (χ0n) is 20.4. The Bertz CT molecular complexity index is 655. The first-order chi connectivity index (χ1) is 14.8. The van der Waals surface area contributed by atoms with Crippen LogP contribution in [0.1, 0.15) is 79.1 Å². The molecule has 0 aromatic carbocycles. The second kappa shape index (κ2) is 8.95.